The van der Waals surface area contributed by atoms with Gasteiger partial charge in [-0.05, 0) is 31.5 Å². The van der Waals surface area contributed by atoms with Gasteiger partial charge in [-0.3, -0.25) is 4.98 Å². The lowest BCUT2D eigenvalue weighted by atomic mass is 10.1. The number of methoxy groups -OCH3 is 1. The molecule has 2 aromatic heterocycles. The first-order valence-corrected chi connectivity index (χ1v) is 6.40. The molecule has 102 valence electrons. The summed E-state index contributed by atoms with van der Waals surface area (Å²) in [5.74, 6) is 0.855. The largest absolute Gasteiger partial charge is 0.383 e. The van der Waals surface area contributed by atoms with Gasteiger partial charge in [-0.2, -0.15) is 0 Å². The molecule has 1 N–H and O–H groups in total. The minimum atomic E-state index is 0.180. The Morgan fingerprint density at radius 1 is 1.26 bits per heavy atom. The maximum Gasteiger partial charge on any atom is 0.203 e. The molecular weight excluding hydrogens is 240 g/mol. The summed E-state index contributed by atoms with van der Waals surface area (Å²) in [6, 6.07) is 4.44. The molecule has 2 aromatic rings. The monoisotopic (exact) mass is 260 g/mol. The third kappa shape index (κ3) is 3.32. The molecule has 2 rings (SSSR count). The second-order valence-corrected chi connectivity index (χ2v) is 4.61. The fourth-order valence-corrected chi connectivity index (χ4v) is 2.03. The molecule has 0 amide bonds. The fourth-order valence-electron chi connectivity index (χ4n) is 2.03. The van der Waals surface area contributed by atoms with Crippen LogP contribution in [0, 0.1) is 0 Å². The third-order valence-corrected chi connectivity index (χ3v) is 3.10. The summed E-state index contributed by atoms with van der Waals surface area (Å²) in [4.78, 5) is 8.40. The summed E-state index contributed by atoms with van der Waals surface area (Å²) in [7, 11) is 1.71. The number of rotatable bonds is 6. The molecule has 0 aliphatic heterocycles. The van der Waals surface area contributed by atoms with E-state index in [1.54, 1.807) is 25.7 Å². The first-order valence-electron chi connectivity index (χ1n) is 6.40. The molecule has 19 heavy (non-hydrogen) atoms. The standard InChI is InChI=1S/C14H20N4O/c1-11(10-19-3)18-9-8-16-14(18)17-12(2)13-4-6-15-7-5-13/h4-9,11-12H,10H2,1-3H3,(H,16,17). The summed E-state index contributed by atoms with van der Waals surface area (Å²) in [5.41, 5.74) is 1.18. The number of nitrogens with zero attached hydrogens (tertiary/aromatic N) is 3. The van der Waals surface area contributed by atoms with Crippen molar-refractivity contribution in [1.29, 1.82) is 0 Å². The Kier molecular flexibility index (Phi) is 4.52. The van der Waals surface area contributed by atoms with Crippen molar-refractivity contribution in [2.24, 2.45) is 0 Å². The zero-order valence-electron chi connectivity index (χ0n) is 11.6. The molecule has 5 heteroatoms. The molecule has 0 aliphatic carbocycles. The highest BCUT2D eigenvalue weighted by Crippen LogP contribution is 2.20. The van der Waals surface area contributed by atoms with Crippen molar-refractivity contribution >= 4 is 5.95 Å². The maximum absolute atomic E-state index is 5.19. The first kappa shape index (κ1) is 13.5. The number of nitrogens with one attached hydrogen (secondary N) is 1. The fraction of sp³-hybridized carbons (Fsp3) is 0.429. The molecule has 0 bridgehead atoms. The lowest BCUT2D eigenvalue weighted by Crippen LogP contribution is -2.16. The van der Waals surface area contributed by atoms with Crippen LogP contribution in [0.15, 0.2) is 36.9 Å². The van der Waals surface area contributed by atoms with E-state index in [0.29, 0.717) is 6.61 Å². The Hall–Kier alpha value is -1.88. The number of imidazole rings is 1. The van der Waals surface area contributed by atoms with Gasteiger partial charge in [-0.1, -0.05) is 0 Å². The van der Waals surface area contributed by atoms with Gasteiger partial charge in [0.05, 0.1) is 18.7 Å². The van der Waals surface area contributed by atoms with Crippen LogP contribution < -0.4 is 5.32 Å². The third-order valence-electron chi connectivity index (χ3n) is 3.10. The van der Waals surface area contributed by atoms with Gasteiger partial charge >= 0.3 is 0 Å². The van der Waals surface area contributed by atoms with Crippen LogP contribution in [0.5, 0.6) is 0 Å². The Bertz CT molecular complexity index is 497. The quantitative estimate of drug-likeness (QED) is 0.867. The van der Waals surface area contributed by atoms with Crippen molar-refractivity contribution in [1.82, 2.24) is 14.5 Å². The molecule has 0 aliphatic rings. The normalized spacial score (nSPS) is 14.1. The Morgan fingerprint density at radius 2 is 2.00 bits per heavy atom. The second-order valence-electron chi connectivity index (χ2n) is 4.61. The zero-order chi connectivity index (χ0) is 13.7. The van der Waals surface area contributed by atoms with Crippen LogP contribution in [-0.2, 0) is 4.74 Å². The lowest BCUT2D eigenvalue weighted by Gasteiger charge is -2.19. The van der Waals surface area contributed by atoms with E-state index in [9.17, 15) is 0 Å². The van der Waals surface area contributed by atoms with Crippen LogP contribution in [0.3, 0.4) is 0 Å². The predicted molar refractivity (Wildman–Crippen MR) is 75.1 cm³/mol. The number of pyridine rings is 1. The van der Waals surface area contributed by atoms with Crippen molar-refractivity contribution in [2.45, 2.75) is 25.9 Å². The second kappa shape index (κ2) is 6.33. The molecule has 2 atom stereocenters. The van der Waals surface area contributed by atoms with E-state index in [0.717, 1.165) is 5.95 Å². The van der Waals surface area contributed by atoms with E-state index in [1.165, 1.54) is 5.56 Å². The van der Waals surface area contributed by atoms with E-state index in [2.05, 4.69) is 33.7 Å². The van der Waals surface area contributed by atoms with E-state index < -0.39 is 0 Å². The van der Waals surface area contributed by atoms with Gasteiger partial charge in [0, 0.05) is 31.9 Å². The predicted octanol–water partition coefficient (Wildman–Crippen LogP) is 2.66. The Balaban J connectivity index is 2.09. The van der Waals surface area contributed by atoms with Crippen molar-refractivity contribution in [2.75, 3.05) is 19.0 Å². The molecule has 5 nitrogen and oxygen atoms in total. The van der Waals surface area contributed by atoms with E-state index in [-0.39, 0.29) is 12.1 Å². The van der Waals surface area contributed by atoms with Gasteiger partial charge in [0.1, 0.15) is 0 Å². The average molecular weight is 260 g/mol. The smallest absolute Gasteiger partial charge is 0.203 e. The highest BCUT2D eigenvalue weighted by molar-refractivity contribution is 5.32. The summed E-state index contributed by atoms with van der Waals surface area (Å²) >= 11 is 0. The number of aromatic nitrogens is 3. The summed E-state index contributed by atoms with van der Waals surface area (Å²) < 4.78 is 7.27. The molecule has 2 heterocycles. The van der Waals surface area contributed by atoms with Crippen LogP contribution in [-0.4, -0.2) is 28.3 Å². The summed E-state index contributed by atoms with van der Waals surface area (Å²) in [5, 5.41) is 3.41. The van der Waals surface area contributed by atoms with Gasteiger partial charge in [0.25, 0.3) is 0 Å². The SMILES string of the molecule is COCC(C)n1ccnc1NC(C)c1ccncc1. The molecule has 0 radical (unpaired) electrons. The van der Waals surface area contributed by atoms with E-state index in [4.69, 9.17) is 4.74 Å². The lowest BCUT2D eigenvalue weighted by molar-refractivity contribution is 0.163. The van der Waals surface area contributed by atoms with E-state index >= 15 is 0 Å². The number of hydrogen-bond acceptors (Lipinski definition) is 4. The zero-order valence-corrected chi connectivity index (χ0v) is 11.6. The van der Waals surface area contributed by atoms with Crippen molar-refractivity contribution in [3.8, 4) is 0 Å². The van der Waals surface area contributed by atoms with Crippen LogP contribution in [0.25, 0.3) is 0 Å². The van der Waals surface area contributed by atoms with Crippen LogP contribution in [0.2, 0.25) is 0 Å². The highest BCUT2D eigenvalue weighted by Gasteiger charge is 2.12. The van der Waals surface area contributed by atoms with Gasteiger partial charge in [0.15, 0.2) is 0 Å². The van der Waals surface area contributed by atoms with Crippen molar-refractivity contribution < 1.29 is 4.74 Å². The van der Waals surface area contributed by atoms with Gasteiger partial charge in [-0.25, -0.2) is 4.98 Å². The van der Waals surface area contributed by atoms with E-state index in [1.807, 2.05) is 18.3 Å². The molecule has 0 aromatic carbocycles. The minimum Gasteiger partial charge on any atom is -0.383 e. The maximum atomic E-state index is 5.19. The molecule has 2 unspecified atom stereocenters. The average Bonchev–Trinajstić information content (AvgIpc) is 2.88. The summed E-state index contributed by atoms with van der Waals surface area (Å²) in [6.07, 6.45) is 7.36. The van der Waals surface area contributed by atoms with Gasteiger partial charge < -0.3 is 14.6 Å². The number of ether oxygens (including phenoxy) is 1. The highest BCUT2D eigenvalue weighted by atomic mass is 16.5. The van der Waals surface area contributed by atoms with Crippen LogP contribution >= 0.6 is 0 Å². The van der Waals surface area contributed by atoms with Gasteiger partial charge in [0.2, 0.25) is 5.95 Å². The summed E-state index contributed by atoms with van der Waals surface area (Å²) in [6.45, 7) is 4.87. The number of hydrogen-bond donors (Lipinski definition) is 1. The van der Waals surface area contributed by atoms with Crippen molar-refractivity contribution in [3.63, 3.8) is 0 Å². The Morgan fingerprint density at radius 3 is 2.68 bits per heavy atom. The van der Waals surface area contributed by atoms with Crippen LogP contribution in [0.4, 0.5) is 5.95 Å². The molecule has 0 saturated carbocycles. The van der Waals surface area contributed by atoms with Gasteiger partial charge in [-0.15, -0.1) is 0 Å². The minimum absolute atomic E-state index is 0.180. The van der Waals surface area contributed by atoms with Crippen LogP contribution in [0.1, 0.15) is 31.5 Å². The molecule has 0 saturated heterocycles. The topological polar surface area (TPSA) is 52.0 Å². The molecule has 0 spiro atoms. The Labute approximate surface area is 113 Å². The molecule has 0 fully saturated rings. The number of anilines is 1. The first-order chi connectivity index (χ1) is 9.22. The van der Waals surface area contributed by atoms with Crippen molar-refractivity contribution in [3.05, 3.63) is 42.5 Å². The molecular formula is C14H20N4O.